The highest BCUT2D eigenvalue weighted by Gasteiger charge is 2.06. The second-order valence-corrected chi connectivity index (χ2v) is 5.30. The molecule has 0 saturated heterocycles. The van der Waals surface area contributed by atoms with Gasteiger partial charge in [-0.25, -0.2) is 0 Å². The molecule has 0 saturated carbocycles. The quantitative estimate of drug-likeness (QED) is 0.626. The molecule has 0 aliphatic carbocycles. The predicted molar refractivity (Wildman–Crippen MR) is 85.8 cm³/mol. The van der Waals surface area contributed by atoms with E-state index >= 15 is 0 Å². The SMILES string of the molecule is CC(C)Oc1ccccc1CNCc1ccc([N+](=O)[O-])cc1. The number of ether oxygens (including phenoxy) is 1. The van der Waals surface area contributed by atoms with Crippen molar-refractivity contribution in [2.45, 2.75) is 33.0 Å². The number of nitrogens with one attached hydrogen (secondary N) is 1. The van der Waals surface area contributed by atoms with Crippen molar-refractivity contribution < 1.29 is 9.66 Å². The fraction of sp³-hybridized carbons (Fsp3) is 0.294. The van der Waals surface area contributed by atoms with E-state index in [1.165, 1.54) is 12.1 Å². The van der Waals surface area contributed by atoms with E-state index in [4.69, 9.17) is 4.74 Å². The molecule has 2 aromatic carbocycles. The van der Waals surface area contributed by atoms with Gasteiger partial charge in [0, 0.05) is 30.8 Å². The summed E-state index contributed by atoms with van der Waals surface area (Å²) in [5, 5.41) is 13.9. The average molecular weight is 300 g/mol. The fourth-order valence-corrected chi connectivity index (χ4v) is 2.10. The van der Waals surface area contributed by atoms with Gasteiger partial charge in [-0.2, -0.15) is 0 Å². The van der Waals surface area contributed by atoms with Crippen molar-refractivity contribution in [1.29, 1.82) is 0 Å². The van der Waals surface area contributed by atoms with Gasteiger partial charge in [0.1, 0.15) is 5.75 Å². The standard InChI is InChI=1S/C17H20N2O3/c1-13(2)22-17-6-4-3-5-15(17)12-18-11-14-7-9-16(10-8-14)19(20)21/h3-10,13,18H,11-12H2,1-2H3. The molecule has 0 unspecified atom stereocenters. The zero-order valence-electron chi connectivity index (χ0n) is 12.8. The van der Waals surface area contributed by atoms with Crippen LogP contribution in [0.1, 0.15) is 25.0 Å². The summed E-state index contributed by atoms with van der Waals surface area (Å²) in [5.41, 5.74) is 2.21. The van der Waals surface area contributed by atoms with E-state index in [0.717, 1.165) is 16.9 Å². The van der Waals surface area contributed by atoms with Crippen LogP contribution < -0.4 is 10.1 Å². The van der Waals surface area contributed by atoms with Crippen molar-refractivity contribution in [2.75, 3.05) is 0 Å². The Morgan fingerprint density at radius 1 is 1.09 bits per heavy atom. The topological polar surface area (TPSA) is 64.4 Å². The largest absolute Gasteiger partial charge is 0.491 e. The molecule has 0 radical (unpaired) electrons. The highest BCUT2D eigenvalue weighted by atomic mass is 16.6. The van der Waals surface area contributed by atoms with Crippen LogP contribution in [0.3, 0.4) is 0 Å². The molecule has 2 aromatic rings. The number of para-hydroxylation sites is 1. The van der Waals surface area contributed by atoms with Crippen LogP contribution in [0.5, 0.6) is 5.75 Å². The summed E-state index contributed by atoms with van der Waals surface area (Å²) in [5.74, 6) is 0.883. The summed E-state index contributed by atoms with van der Waals surface area (Å²) in [6.07, 6.45) is 0.135. The Labute approximate surface area is 130 Å². The van der Waals surface area contributed by atoms with E-state index < -0.39 is 4.92 Å². The number of nitrogens with zero attached hydrogens (tertiary/aromatic N) is 1. The molecule has 5 heteroatoms. The Morgan fingerprint density at radius 3 is 2.41 bits per heavy atom. The third kappa shape index (κ3) is 4.56. The summed E-state index contributed by atoms with van der Waals surface area (Å²) in [6, 6.07) is 14.5. The summed E-state index contributed by atoms with van der Waals surface area (Å²) < 4.78 is 5.78. The molecule has 0 aliphatic heterocycles. The summed E-state index contributed by atoms with van der Waals surface area (Å²) in [7, 11) is 0. The second kappa shape index (κ2) is 7.56. The van der Waals surface area contributed by atoms with Gasteiger partial charge in [0.25, 0.3) is 5.69 Å². The van der Waals surface area contributed by atoms with Crippen LogP contribution in [-0.4, -0.2) is 11.0 Å². The minimum absolute atomic E-state index is 0.111. The first-order chi connectivity index (χ1) is 10.6. The van der Waals surface area contributed by atoms with E-state index in [0.29, 0.717) is 13.1 Å². The summed E-state index contributed by atoms with van der Waals surface area (Å²) >= 11 is 0. The zero-order valence-corrected chi connectivity index (χ0v) is 12.8. The van der Waals surface area contributed by atoms with Crippen molar-refractivity contribution in [1.82, 2.24) is 5.32 Å². The molecule has 1 N–H and O–H groups in total. The first-order valence-corrected chi connectivity index (χ1v) is 7.25. The molecule has 0 amide bonds. The molecule has 0 atom stereocenters. The third-order valence-corrected chi connectivity index (χ3v) is 3.13. The maximum Gasteiger partial charge on any atom is 0.269 e. The Hall–Kier alpha value is -2.40. The molecule has 0 fully saturated rings. The number of hydrogen-bond donors (Lipinski definition) is 1. The second-order valence-electron chi connectivity index (χ2n) is 5.30. The Bertz CT molecular complexity index is 624. The van der Waals surface area contributed by atoms with Gasteiger partial charge >= 0.3 is 0 Å². The minimum atomic E-state index is -0.392. The molecule has 0 aliphatic rings. The van der Waals surface area contributed by atoms with Crippen LogP contribution in [-0.2, 0) is 13.1 Å². The number of non-ortho nitro benzene ring substituents is 1. The molecular formula is C17H20N2O3. The first-order valence-electron chi connectivity index (χ1n) is 7.25. The van der Waals surface area contributed by atoms with E-state index in [1.54, 1.807) is 12.1 Å². The van der Waals surface area contributed by atoms with Crippen LogP contribution in [0.4, 0.5) is 5.69 Å². The lowest BCUT2D eigenvalue weighted by atomic mass is 10.1. The molecule has 22 heavy (non-hydrogen) atoms. The van der Waals surface area contributed by atoms with Crippen molar-refractivity contribution in [2.24, 2.45) is 0 Å². The lowest BCUT2D eigenvalue weighted by Gasteiger charge is -2.14. The number of rotatable bonds is 7. The average Bonchev–Trinajstić information content (AvgIpc) is 2.49. The van der Waals surface area contributed by atoms with Gasteiger partial charge < -0.3 is 10.1 Å². The molecule has 116 valence electrons. The number of nitro benzene ring substituents is 1. The summed E-state index contributed by atoms with van der Waals surface area (Å²) in [4.78, 5) is 10.2. The molecule has 0 aromatic heterocycles. The van der Waals surface area contributed by atoms with Crippen LogP contribution in [0.15, 0.2) is 48.5 Å². The molecule has 0 bridgehead atoms. The first kappa shape index (κ1) is 16.0. The van der Waals surface area contributed by atoms with Crippen molar-refractivity contribution in [3.05, 3.63) is 69.8 Å². The number of hydrogen-bond acceptors (Lipinski definition) is 4. The highest BCUT2D eigenvalue weighted by molar-refractivity contribution is 5.34. The van der Waals surface area contributed by atoms with Gasteiger partial charge in [0.15, 0.2) is 0 Å². The Kier molecular flexibility index (Phi) is 5.49. The van der Waals surface area contributed by atoms with E-state index in [2.05, 4.69) is 5.32 Å². The van der Waals surface area contributed by atoms with Gasteiger partial charge in [0.05, 0.1) is 11.0 Å². The molecule has 0 spiro atoms. The Balaban J connectivity index is 1.92. The molecule has 5 nitrogen and oxygen atoms in total. The van der Waals surface area contributed by atoms with Gasteiger partial charge in [-0.15, -0.1) is 0 Å². The molecular weight excluding hydrogens is 280 g/mol. The normalized spacial score (nSPS) is 10.7. The highest BCUT2D eigenvalue weighted by Crippen LogP contribution is 2.19. The van der Waals surface area contributed by atoms with Crippen LogP contribution >= 0.6 is 0 Å². The van der Waals surface area contributed by atoms with Crippen LogP contribution in [0.2, 0.25) is 0 Å². The third-order valence-electron chi connectivity index (χ3n) is 3.13. The van der Waals surface area contributed by atoms with Crippen molar-refractivity contribution in [3.8, 4) is 5.75 Å². The van der Waals surface area contributed by atoms with Crippen LogP contribution in [0, 0.1) is 10.1 Å². The Morgan fingerprint density at radius 2 is 1.77 bits per heavy atom. The lowest BCUT2D eigenvalue weighted by molar-refractivity contribution is -0.384. The van der Waals surface area contributed by atoms with Crippen molar-refractivity contribution >= 4 is 5.69 Å². The fourth-order valence-electron chi connectivity index (χ4n) is 2.10. The van der Waals surface area contributed by atoms with Crippen LogP contribution in [0.25, 0.3) is 0 Å². The predicted octanol–water partition coefficient (Wildman–Crippen LogP) is 3.67. The molecule has 2 rings (SSSR count). The maximum absolute atomic E-state index is 10.6. The maximum atomic E-state index is 10.6. The van der Waals surface area contributed by atoms with E-state index in [1.807, 2.05) is 38.1 Å². The van der Waals surface area contributed by atoms with Gasteiger partial charge in [-0.3, -0.25) is 10.1 Å². The zero-order chi connectivity index (χ0) is 15.9. The van der Waals surface area contributed by atoms with Gasteiger partial charge in [-0.1, -0.05) is 30.3 Å². The molecule has 0 heterocycles. The monoisotopic (exact) mass is 300 g/mol. The minimum Gasteiger partial charge on any atom is -0.491 e. The van der Waals surface area contributed by atoms with Crippen molar-refractivity contribution in [3.63, 3.8) is 0 Å². The smallest absolute Gasteiger partial charge is 0.269 e. The van der Waals surface area contributed by atoms with Gasteiger partial charge in [0.2, 0.25) is 0 Å². The number of nitro groups is 1. The number of benzene rings is 2. The van der Waals surface area contributed by atoms with E-state index in [-0.39, 0.29) is 11.8 Å². The lowest BCUT2D eigenvalue weighted by Crippen LogP contribution is -2.15. The van der Waals surface area contributed by atoms with E-state index in [9.17, 15) is 10.1 Å². The van der Waals surface area contributed by atoms with Gasteiger partial charge in [-0.05, 0) is 25.5 Å². The summed E-state index contributed by atoms with van der Waals surface area (Å²) in [6.45, 7) is 5.33.